The van der Waals surface area contributed by atoms with Crippen LogP contribution in [0.25, 0.3) is 0 Å². The largest absolute Gasteiger partial charge is 0.357 e. The Morgan fingerprint density at radius 3 is 2.63 bits per heavy atom. The monoisotopic (exact) mass is 450 g/mol. The Morgan fingerprint density at radius 1 is 1.15 bits per heavy atom. The second kappa shape index (κ2) is 8.66. The van der Waals surface area contributed by atoms with Crippen LogP contribution >= 0.6 is 28.1 Å². The first-order valence-electron chi connectivity index (χ1n) is 8.80. The predicted molar refractivity (Wildman–Crippen MR) is 113 cm³/mol. The second-order valence-electron chi connectivity index (χ2n) is 6.08. The Kier molecular flexibility index (Phi) is 6.27. The third-order valence-electron chi connectivity index (χ3n) is 4.26. The molecule has 3 rings (SSSR count). The van der Waals surface area contributed by atoms with Gasteiger partial charge in [0.05, 0.1) is 41.3 Å². The van der Waals surface area contributed by atoms with Crippen molar-refractivity contribution in [1.29, 1.82) is 0 Å². The van der Waals surface area contributed by atoms with E-state index in [9.17, 15) is 0 Å². The molecule has 0 atom stereocenters. The maximum Gasteiger partial charge on any atom is 0.171 e. The molecular formula is C17H23BrN8S. The maximum absolute atomic E-state index is 5.37. The highest BCUT2D eigenvalue weighted by Crippen LogP contribution is 2.15. The van der Waals surface area contributed by atoms with Crippen molar-refractivity contribution in [2.24, 2.45) is 0 Å². The third-order valence-corrected chi connectivity index (χ3v) is 5.16. The standard InChI is InChI=1S/C17H23BrN8S/c1-4-24-11-15(18)16(23-24)8-19-17(27)22-14-7-20-25(10-14)9-13-6-21-26(5-2)12(13)3/h6-7,10-11H,4-5,8-9H2,1-3H3,(H2,19,22,27). The molecule has 0 bridgehead atoms. The summed E-state index contributed by atoms with van der Waals surface area (Å²) in [4.78, 5) is 0. The van der Waals surface area contributed by atoms with E-state index in [2.05, 4.69) is 62.6 Å². The summed E-state index contributed by atoms with van der Waals surface area (Å²) >= 11 is 8.89. The van der Waals surface area contributed by atoms with Crippen molar-refractivity contribution in [3.63, 3.8) is 0 Å². The van der Waals surface area contributed by atoms with Gasteiger partial charge in [0, 0.05) is 36.7 Å². The fourth-order valence-corrected chi connectivity index (χ4v) is 3.35. The minimum atomic E-state index is 0.530. The number of nitrogens with one attached hydrogen (secondary N) is 2. The Bertz CT molecular complexity index is 925. The van der Waals surface area contributed by atoms with Gasteiger partial charge < -0.3 is 10.6 Å². The molecular weight excluding hydrogens is 428 g/mol. The van der Waals surface area contributed by atoms with E-state index in [1.165, 1.54) is 0 Å². The zero-order valence-corrected chi connectivity index (χ0v) is 18.0. The zero-order chi connectivity index (χ0) is 19.4. The molecule has 3 aromatic rings. The molecule has 8 nitrogen and oxygen atoms in total. The van der Waals surface area contributed by atoms with Gasteiger partial charge in [0.25, 0.3) is 0 Å². The number of aryl methyl sites for hydroxylation is 2. The maximum atomic E-state index is 5.37. The summed E-state index contributed by atoms with van der Waals surface area (Å²) in [5, 5.41) is 20.1. The second-order valence-corrected chi connectivity index (χ2v) is 7.35. The summed E-state index contributed by atoms with van der Waals surface area (Å²) in [6.07, 6.45) is 7.54. The van der Waals surface area contributed by atoms with E-state index in [-0.39, 0.29) is 0 Å². The van der Waals surface area contributed by atoms with Gasteiger partial charge in [0.15, 0.2) is 5.11 Å². The van der Waals surface area contributed by atoms with Gasteiger partial charge >= 0.3 is 0 Å². The van der Waals surface area contributed by atoms with Crippen LogP contribution in [0.2, 0.25) is 0 Å². The van der Waals surface area contributed by atoms with Crippen LogP contribution in [0.5, 0.6) is 0 Å². The molecule has 3 aromatic heterocycles. The quantitative estimate of drug-likeness (QED) is 0.538. The average Bonchev–Trinajstić information content (AvgIpc) is 3.34. The van der Waals surface area contributed by atoms with Crippen molar-refractivity contribution in [2.75, 3.05) is 5.32 Å². The number of thiocarbonyl (C=S) groups is 1. The molecule has 0 amide bonds. The summed E-state index contributed by atoms with van der Waals surface area (Å²) in [6, 6.07) is 0. The SMILES string of the molecule is CCn1cc(Br)c(CNC(=S)Nc2cnn(Cc3cnn(CC)c3C)c2)n1. The Morgan fingerprint density at radius 2 is 1.96 bits per heavy atom. The molecule has 3 heterocycles. The average molecular weight is 451 g/mol. The molecule has 0 fully saturated rings. The first-order chi connectivity index (χ1) is 13.0. The van der Waals surface area contributed by atoms with Crippen molar-refractivity contribution < 1.29 is 0 Å². The van der Waals surface area contributed by atoms with Crippen LogP contribution in [0.15, 0.2) is 29.3 Å². The van der Waals surface area contributed by atoms with Gasteiger partial charge in [-0.1, -0.05) is 0 Å². The van der Waals surface area contributed by atoms with Crippen LogP contribution in [0, 0.1) is 6.92 Å². The Balaban J connectivity index is 1.54. The van der Waals surface area contributed by atoms with E-state index >= 15 is 0 Å². The fraction of sp³-hybridized carbons (Fsp3) is 0.412. The third kappa shape index (κ3) is 4.75. The minimum absolute atomic E-state index is 0.530. The van der Waals surface area contributed by atoms with E-state index in [4.69, 9.17) is 12.2 Å². The van der Waals surface area contributed by atoms with Crippen LogP contribution in [-0.4, -0.2) is 34.5 Å². The lowest BCUT2D eigenvalue weighted by atomic mass is 10.2. The zero-order valence-electron chi connectivity index (χ0n) is 15.6. The number of rotatable bonds is 7. The van der Waals surface area contributed by atoms with E-state index in [0.717, 1.165) is 40.2 Å². The number of nitrogens with zero attached hydrogens (tertiary/aromatic N) is 6. The summed E-state index contributed by atoms with van der Waals surface area (Å²) in [6.45, 7) is 9.12. The summed E-state index contributed by atoms with van der Waals surface area (Å²) in [7, 11) is 0. The number of halogens is 1. The van der Waals surface area contributed by atoms with Crippen LogP contribution < -0.4 is 10.6 Å². The van der Waals surface area contributed by atoms with E-state index < -0.39 is 0 Å². The van der Waals surface area contributed by atoms with Crippen molar-refractivity contribution in [2.45, 2.75) is 47.0 Å². The van der Waals surface area contributed by atoms with Gasteiger partial charge in [0.1, 0.15) is 0 Å². The van der Waals surface area contributed by atoms with Gasteiger partial charge in [-0.2, -0.15) is 15.3 Å². The molecule has 0 aromatic carbocycles. The molecule has 27 heavy (non-hydrogen) atoms. The molecule has 0 aliphatic heterocycles. The van der Waals surface area contributed by atoms with Crippen LogP contribution in [0.4, 0.5) is 5.69 Å². The van der Waals surface area contributed by atoms with Crippen molar-refractivity contribution >= 4 is 38.9 Å². The van der Waals surface area contributed by atoms with E-state index in [0.29, 0.717) is 18.2 Å². The van der Waals surface area contributed by atoms with Gasteiger partial charge in [-0.15, -0.1) is 0 Å². The van der Waals surface area contributed by atoms with Crippen LogP contribution in [0.1, 0.15) is 30.8 Å². The number of aromatic nitrogens is 6. The van der Waals surface area contributed by atoms with Crippen LogP contribution in [0.3, 0.4) is 0 Å². The Hall–Kier alpha value is -2.20. The number of hydrogen-bond acceptors (Lipinski definition) is 4. The first-order valence-corrected chi connectivity index (χ1v) is 10.0. The molecule has 144 valence electrons. The molecule has 0 aliphatic carbocycles. The van der Waals surface area contributed by atoms with E-state index in [1.54, 1.807) is 6.20 Å². The van der Waals surface area contributed by atoms with E-state index in [1.807, 2.05) is 32.6 Å². The summed E-state index contributed by atoms with van der Waals surface area (Å²) < 4.78 is 6.70. The molecule has 0 saturated heterocycles. The molecule has 0 saturated carbocycles. The Labute approximate surface area is 172 Å². The van der Waals surface area contributed by atoms with Gasteiger partial charge in [0.2, 0.25) is 0 Å². The summed E-state index contributed by atoms with van der Waals surface area (Å²) in [5.74, 6) is 0. The van der Waals surface area contributed by atoms with Gasteiger partial charge in [-0.25, -0.2) is 0 Å². The number of hydrogen-bond donors (Lipinski definition) is 2. The fourth-order valence-electron chi connectivity index (χ4n) is 2.71. The highest BCUT2D eigenvalue weighted by molar-refractivity contribution is 9.10. The van der Waals surface area contributed by atoms with Crippen molar-refractivity contribution in [1.82, 2.24) is 34.7 Å². The minimum Gasteiger partial charge on any atom is -0.357 e. The van der Waals surface area contributed by atoms with Gasteiger partial charge in [-0.3, -0.25) is 14.0 Å². The molecule has 0 spiro atoms. The molecule has 2 N–H and O–H groups in total. The lowest BCUT2D eigenvalue weighted by Crippen LogP contribution is -2.28. The van der Waals surface area contributed by atoms with Crippen LogP contribution in [-0.2, 0) is 26.2 Å². The summed E-state index contributed by atoms with van der Waals surface area (Å²) in [5.41, 5.74) is 4.08. The topological polar surface area (TPSA) is 77.5 Å². The molecule has 0 unspecified atom stereocenters. The normalized spacial score (nSPS) is 11.0. The highest BCUT2D eigenvalue weighted by Gasteiger charge is 2.09. The lowest BCUT2D eigenvalue weighted by Gasteiger charge is -2.07. The highest BCUT2D eigenvalue weighted by atomic mass is 79.9. The predicted octanol–water partition coefficient (Wildman–Crippen LogP) is 2.92. The molecule has 10 heteroatoms. The molecule has 0 radical (unpaired) electrons. The lowest BCUT2D eigenvalue weighted by molar-refractivity contribution is 0.633. The number of anilines is 1. The first kappa shape index (κ1) is 19.6. The van der Waals surface area contributed by atoms with Crippen molar-refractivity contribution in [3.8, 4) is 0 Å². The van der Waals surface area contributed by atoms with Crippen molar-refractivity contribution in [3.05, 3.63) is 46.2 Å². The molecule has 0 aliphatic rings. The smallest absolute Gasteiger partial charge is 0.171 e. The van der Waals surface area contributed by atoms with Gasteiger partial charge in [-0.05, 0) is 48.9 Å².